The number of hydrazone groups is 1. The first kappa shape index (κ1) is 16.3. The Morgan fingerprint density at radius 2 is 1.96 bits per heavy atom. The summed E-state index contributed by atoms with van der Waals surface area (Å²) in [5, 5.41) is 15.0. The predicted octanol–water partition coefficient (Wildman–Crippen LogP) is 3.45. The van der Waals surface area contributed by atoms with Crippen LogP contribution in [0.4, 0.5) is 11.4 Å². The van der Waals surface area contributed by atoms with E-state index in [1.165, 1.54) is 12.1 Å². The second kappa shape index (κ2) is 7.26. The zero-order valence-electron chi connectivity index (χ0n) is 13.1. The third kappa shape index (κ3) is 3.97. The maximum Gasteiger partial charge on any atom is 0.271 e. The summed E-state index contributed by atoms with van der Waals surface area (Å²) in [5.41, 5.74) is 4.83. The highest BCUT2D eigenvalue weighted by atomic mass is 16.6. The van der Waals surface area contributed by atoms with E-state index in [2.05, 4.69) is 10.5 Å². The van der Waals surface area contributed by atoms with E-state index in [-0.39, 0.29) is 5.69 Å². The molecule has 0 bridgehead atoms. The summed E-state index contributed by atoms with van der Waals surface area (Å²) in [4.78, 5) is 10.3. The molecule has 0 aliphatic rings. The summed E-state index contributed by atoms with van der Waals surface area (Å²) in [6.07, 6.45) is 0. The third-order valence-electron chi connectivity index (χ3n) is 3.21. The maximum atomic E-state index is 10.8. The molecule has 0 aliphatic carbocycles. The van der Waals surface area contributed by atoms with Gasteiger partial charge in [-0.25, -0.2) is 0 Å². The van der Waals surface area contributed by atoms with Crippen LogP contribution in [-0.4, -0.2) is 24.9 Å². The Hall–Kier alpha value is -3.09. The quantitative estimate of drug-likeness (QED) is 0.501. The Labute approximate surface area is 133 Å². The van der Waals surface area contributed by atoms with Crippen LogP contribution < -0.4 is 14.9 Å². The number of ether oxygens (including phenoxy) is 2. The largest absolute Gasteiger partial charge is 0.497 e. The molecule has 0 amide bonds. The molecule has 2 aromatic rings. The van der Waals surface area contributed by atoms with Crippen molar-refractivity contribution in [2.75, 3.05) is 19.6 Å². The van der Waals surface area contributed by atoms with Gasteiger partial charge in [-0.1, -0.05) is 6.07 Å². The van der Waals surface area contributed by atoms with Crippen LogP contribution in [0.2, 0.25) is 0 Å². The van der Waals surface area contributed by atoms with Gasteiger partial charge >= 0.3 is 0 Å². The SMILES string of the molecule is COc1ccc(/C(C)=N/Nc2cccc([N+](=O)[O-])c2)c(OC)c1. The van der Waals surface area contributed by atoms with Gasteiger partial charge < -0.3 is 9.47 Å². The Morgan fingerprint density at radius 3 is 2.61 bits per heavy atom. The van der Waals surface area contributed by atoms with Gasteiger partial charge in [0.1, 0.15) is 11.5 Å². The van der Waals surface area contributed by atoms with Crippen LogP contribution in [-0.2, 0) is 0 Å². The van der Waals surface area contributed by atoms with Crippen molar-refractivity contribution in [3.8, 4) is 11.5 Å². The van der Waals surface area contributed by atoms with Gasteiger partial charge in [0.25, 0.3) is 5.69 Å². The van der Waals surface area contributed by atoms with Crippen molar-refractivity contribution in [3.63, 3.8) is 0 Å². The second-order valence-electron chi connectivity index (χ2n) is 4.68. The summed E-state index contributed by atoms with van der Waals surface area (Å²) >= 11 is 0. The van der Waals surface area contributed by atoms with Gasteiger partial charge in [-0.2, -0.15) is 5.10 Å². The molecule has 23 heavy (non-hydrogen) atoms. The number of hydrogen-bond acceptors (Lipinski definition) is 6. The first-order valence-electron chi connectivity index (χ1n) is 6.82. The van der Waals surface area contributed by atoms with Gasteiger partial charge in [0.05, 0.1) is 30.5 Å². The number of rotatable bonds is 6. The molecule has 0 spiro atoms. The fraction of sp³-hybridized carbons (Fsp3) is 0.188. The van der Waals surface area contributed by atoms with Crippen LogP contribution in [0.1, 0.15) is 12.5 Å². The molecule has 2 rings (SSSR count). The predicted molar refractivity (Wildman–Crippen MR) is 88.5 cm³/mol. The number of nitrogens with zero attached hydrogens (tertiary/aromatic N) is 2. The van der Waals surface area contributed by atoms with Gasteiger partial charge in [-0.05, 0) is 25.1 Å². The van der Waals surface area contributed by atoms with E-state index < -0.39 is 4.92 Å². The zero-order chi connectivity index (χ0) is 16.8. The Balaban J connectivity index is 2.23. The number of nitrogens with one attached hydrogen (secondary N) is 1. The average molecular weight is 315 g/mol. The van der Waals surface area contributed by atoms with Crippen LogP contribution in [0.25, 0.3) is 0 Å². The number of nitro groups is 1. The average Bonchev–Trinajstić information content (AvgIpc) is 2.59. The number of nitro benzene ring substituents is 1. The summed E-state index contributed by atoms with van der Waals surface area (Å²) in [6.45, 7) is 1.81. The minimum atomic E-state index is -0.450. The van der Waals surface area contributed by atoms with Crippen molar-refractivity contribution in [1.82, 2.24) is 0 Å². The molecule has 0 heterocycles. The van der Waals surface area contributed by atoms with Crippen molar-refractivity contribution in [2.24, 2.45) is 5.10 Å². The maximum absolute atomic E-state index is 10.8. The first-order chi connectivity index (χ1) is 11.0. The lowest BCUT2D eigenvalue weighted by molar-refractivity contribution is -0.384. The first-order valence-corrected chi connectivity index (χ1v) is 6.82. The van der Waals surface area contributed by atoms with Gasteiger partial charge in [-0.3, -0.25) is 15.5 Å². The number of hydrogen-bond donors (Lipinski definition) is 1. The van der Waals surface area contributed by atoms with Crippen LogP contribution in [0.5, 0.6) is 11.5 Å². The zero-order valence-corrected chi connectivity index (χ0v) is 13.1. The van der Waals surface area contributed by atoms with Crippen molar-refractivity contribution < 1.29 is 14.4 Å². The van der Waals surface area contributed by atoms with Gasteiger partial charge in [0, 0.05) is 23.8 Å². The highest BCUT2D eigenvalue weighted by molar-refractivity contribution is 6.01. The van der Waals surface area contributed by atoms with Crippen molar-refractivity contribution in [2.45, 2.75) is 6.92 Å². The Morgan fingerprint density at radius 1 is 1.17 bits per heavy atom. The number of methoxy groups -OCH3 is 2. The van der Waals surface area contributed by atoms with E-state index >= 15 is 0 Å². The molecule has 0 aromatic heterocycles. The molecule has 7 nitrogen and oxygen atoms in total. The molecule has 0 saturated heterocycles. The number of benzene rings is 2. The molecule has 0 fully saturated rings. The van der Waals surface area contributed by atoms with Crippen molar-refractivity contribution >= 4 is 17.1 Å². The van der Waals surface area contributed by atoms with E-state index in [0.717, 1.165) is 5.56 Å². The van der Waals surface area contributed by atoms with Crippen LogP contribution in [0, 0.1) is 10.1 Å². The van der Waals surface area contributed by atoms with E-state index in [1.807, 2.05) is 19.1 Å². The fourth-order valence-corrected chi connectivity index (χ4v) is 2.00. The topological polar surface area (TPSA) is 86.0 Å². The molecule has 0 radical (unpaired) electrons. The molecule has 0 atom stereocenters. The molecule has 0 saturated carbocycles. The summed E-state index contributed by atoms with van der Waals surface area (Å²) in [7, 11) is 3.15. The fourth-order valence-electron chi connectivity index (χ4n) is 2.00. The molecular formula is C16H17N3O4. The standard InChI is InChI=1S/C16H17N3O4/c1-11(15-8-7-14(22-2)10-16(15)23-3)17-18-12-5-4-6-13(9-12)19(20)21/h4-10,18H,1-3H3/b17-11+. The second-order valence-corrected chi connectivity index (χ2v) is 4.68. The van der Waals surface area contributed by atoms with E-state index in [0.29, 0.717) is 22.9 Å². The highest BCUT2D eigenvalue weighted by Gasteiger charge is 2.09. The molecule has 0 unspecified atom stereocenters. The highest BCUT2D eigenvalue weighted by Crippen LogP contribution is 2.25. The normalized spacial score (nSPS) is 11.0. The van der Waals surface area contributed by atoms with Gasteiger partial charge in [0.2, 0.25) is 0 Å². The minimum Gasteiger partial charge on any atom is -0.497 e. The molecule has 0 aliphatic heterocycles. The summed E-state index contributed by atoms with van der Waals surface area (Å²) < 4.78 is 10.5. The van der Waals surface area contributed by atoms with Crippen molar-refractivity contribution in [3.05, 3.63) is 58.1 Å². The summed E-state index contributed by atoms with van der Waals surface area (Å²) in [6, 6.07) is 11.6. The van der Waals surface area contributed by atoms with E-state index in [9.17, 15) is 10.1 Å². The molecular weight excluding hydrogens is 298 g/mol. The van der Waals surface area contributed by atoms with Gasteiger partial charge in [-0.15, -0.1) is 0 Å². The lowest BCUT2D eigenvalue weighted by atomic mass is 10.1. The monoisotopic (exact) mass is 315 g/mol. The van der Waals surface area contributed by atoms with E-state index in [4.69, 9.17) is 9.47 Å². The molecule has 1 N–H and O–H groups in total. The lowest BCUT2D eigenvalue weighted by Gasteiger charge is -2.10. The van der Waals surface area contributed by atoms with E-state index in [1.54, 1.807) is 32.4 Å². The van der Waals surface area contributed by atoms with Crippen molar-refractivity contribution in [1.29, 1.82) is 0 Å². The lowest BCUT2D eigenvalue weighted by Crippen LogP contribution is -2.03. The summed E-state index contributed by atoms with van der Waals surface area (Å²) in [5.74, 6) is 1.32. The minimum absolute atomic E-state index is 0.00452. The molecule has 120 valence electrons. The number of anilines is 1. The smallest absolute Gasteiger partial charge is 0.271 e. The molecule has 7 heteroatoms. The Bertz CT molecular complexity index is 744. The Kier molecular flexibility index (Phi) is 5.14. The van der Waals surface area contributed by atoms with Crippen LogP contribution in [0.3, 0.4) is 0 Å². The molecule has 2 aromatic carbocycles. The third-order valence-corrected chi connectivity index (χ3v) is 3.21. The van der Waals surface area contributed by atoms with Crippen LogP contribution in [0.15, 0.2) is 47.6 Å². The van der Waals surface area contributed by atoms with Crippen LogP contribution >= 0.6 is 0 Å². The number of non-ortho nitro benzene ring substituents is 1. The van der Waals surface area contributed by atoms with Gasteiger partial charge in [0.15, 0.2) is 0 Å².